The lowest BCUT2D eigenvalue weighted by molar-refractivity contribution is 0.0957. The van der Waals surface area contributed by atoms with Crippen molar-refractivity contribution in [2.75, 3.05) is 0 Å². The highest BCUT2D eigenvalue weighted by Gasteiger charge is 2.27. The lowest BCUT2D eigenvalue weighted by Gasteiger charge is -2.17. The van der Waals surface area contributed by atoms with Crippen LogP contribution in [-0.2, 0) is 7.05 Å². The zero-order valence-electron chi connectivity index (χ0n) is 11.9. The topological polar surface area (TPSA) is 82.5 Å². The molecule has 1 aromatic carbocycles. The highest BCUT2D eigenvalue weighted by atomic mass is 79.9. The molecule has 0 fully saturated rings. The first kappa shape index (κ1) is 15.9. The molecule has 0 bridgehead atoms. The summed E-state index contributed by atoms with van der Waals surface area (Å²) in [5.41, 5.74) is 0.791. The molecule has 0 amide bonds. The minimum absolute atomic E-state index is 0.0677. The molecule has 0 saturated carbocycles. The highest BCUT2D eigenvalue weighted by molar-refractivity contribution is 9.10. The van der Waals surface area contributed by atoms with Gasteiger partial charge in [0.15, 0.2) is 11.6 Å². The summed E-state index contributed by atoms with van der Waals surface area (Å²) >= 11 is 3.35. The first-order chi connectivity index (χ1) is 10.6. The van der Waals surface area contributed by atoms with Crippen molar-refractivity contribution in [2.24, 2.45) is 13.0 Å². The number of imidazole rings is 1. The van der Waals surface area contributed by atoms with Crippen LogP contribution in [0.5, 0.6) is 0 Å². The predicted octanol–water partition coefficient (Wildman–Crippen LogP) is 3.20. The quantitative estimate of drug-likeness (QED) is 0.770. The summed E-state index contributed by atoms with van der Waals surface area (Å²) < 4.78 is 2.53. The maximum atomic E-state index is 12.4. The third-order valence-corrected chi connectivity index (χ3v) is 3.98. The molecular weight excluding hydrogens is 344 g/mol. The second-order valence-corrected chi connectivity index (χ2v) is 5.80. The van der Waals surface area contributed by atoms with Gasteiger partial charge in [-0.15, -0.1) is 0 Å². The van der Waals surface area contributed by atoms with Crippen LogP contribution in [0.15, 0.2) is 41.1 Å². The fourth-order valence-corrected chi connectivity index (χ4v) is 2.54. The summed E-state index contributed by atoms with van der Waals surface area (Å²) in [6.45, 7) is 0. The van der Waals surface area contributed by atoms with Gasteiger partial charge in [0.1, 0.15) is 5.92 Å². The van der Waals surface area contributed by atoms with E-state index in [0.717, 1.165) is 10.0 Å². The number of Topliss-reactive ketones (excluding diaryl/α,β-unsaturated/α-hetero) is 1. The summed E-state index contributed by atoms with van der Waals surface area (Å²) in [4.78, 5) is 16.4. The number of ketones is 1. The summed E-state index contributed by atoms with van der Waals surface area (Å²) in [5.74, 6) is -1.22. The normalized spacial score (nSPS) is 11.7. The Balaban J connectivity index is 2.32. The van der Waals surface area contributed by atoms with Crippen molar-refractivity contribution >= 4 is 21.7 Å². The number of carbonyl (C=O) groups is 1. The van der Waals surface area contributed by atoms with Gasteiger partial charge in [0.25, 0.3) is 0 Å². The standard InChI is InChI=1S/C16H13BrN4O/c1-21-7-6-20-16(21)15(22)8-14(12(9-18)10-19)11-2-4-13(17)5-3-11/h2-7,12,14H,8H2,1H3. The molecule has 0 saturated heterocycles. The molecule has 0 spiro atoms. The van der Waals surface area contributed by atoms with E-state index in [1.54, 1.807) is 24.0 Å². The molecule has 5 nitrogen and oxygen atoms in total. The number of hydrogen-bond acceptors (Lipinski definition) is 4. The van der Waals surface area contributed by atoms with Gasteiger partial charge in [0, 0.05) is 36.3 Å². The van der Waals surface area contributed by atoms with E-state index in [-0.39, 0.29) is 12.2 Å². The first-order valence-corrected chi connectivity index (χ1v) is 7.41. The Hall–Kier alpha value is -2.44. The van der Waals surface area contributed by atoms with Crippen LogP contribution in [0.1, 0.15) is 28.5 Å². The van der Waals surface area contributed by atoms with Crippen molar-refractivity contribution in [3.05, 3.63) is 52.5 Å². The fourth-order valence-electron chi connectivity index (χ4n) is 2.27. The van der Waals surface area contributed by atoms with Crippen molar-refractivity contribution in [3.63, 3.8) is 0 Å². The molecule has 1 aromatic heterocycles. The van der Waals surface area contributed by atoms with Crippen molar-refractivity contribution < 1.29 is 4.79 Å². The third kappa shape index (κ3) is 3.41. The van der Waals surface area contributed by atoms with Crippen LogP contribution in [0, 0.1) is 28.6 Å². The molecule has 110 valence electrons. The number of halogens is 1. The molecule has 1 atom stereocenters. The molecular formula is C16H13BrN4O. The lowest BCUT2D eigenvalue weighted by Crippen LogP contribution is -2.17. The lowest BCUT2D eigenvalue weighted by atomic mass is 9.84. The number of nitriles is 2. The summed E-state index contributed by atoms with van der Waals surface area (Å²) in [5, 5.41) is 18.4. The summed E-state index contributed by atoms with van der Waals surface area (Å²) in [7, 11) is 1.74. The summed E-state index contributed by atoms with van der Waals surface area (Å²) in [6, 6.07) is 11.3. The van der Waals surface area contributed by atoms with Gasteiger partial charge in [-0.3, -0.25) is 4.79 Å². The number of nitrogens with zero attached hydrogens (tertiary/aromatic N) is 4. The Morgan fingerprint density at radius 1 is 1.32 bits per heavy atom. The van der Waals surface area contributed by atoms with Gasteiger partial charge in [-0.25, -0.2) is 4.98 Å². The third-order valence-electron chi connectivity index (χ3n) is 3.45. The van der Waals surface area contributed by atoms with E-state index in [9.17, 15) is 15.3 Å². The number of aromatic nitrogens is 2. The second-order valence-electron chi connectivity index (χ2n) is 4.88. The number of carbonyl (C=O) groups excluding carboxylic acids is 1. The van der Waals surface area contributed by atoms with Crippen LogP contribution in [0.4, 0.5) is 0 Å². The molecule has 6 heteroatoms. The zero-order chi connectivity index (χ0) is 16.1. The first-order valence-electron chi connectivity index (χ1n) is 6.62. The van der Waals surface area contributed by atoms with Crippen molar-refractivity contribution in [3.8, 4) is 12.1 Å². The van der Waals surface area contributed by atoms with Crippen LogP contribution in [0.3, 0.4) is 0 Å². The van der Waals surface area contributed by atoms with Crippen LogP contribution in [0.2, 0.25) is 0 Å². The van der Waals surface area contributed by atoms with Gasteiger partial charge < -0.3 is 4.57 Å². The Morgan fingerprint density at radius 2 is 1.95 bits per heavy atom. The van der Waals surface area contributed by atoms with Crippen LogP contribution < -0.4 is 0 Å². The Bertz CT molecular complexity index is 738. The predicted molar refractivity (Wildman–Crippen MR) is 83.8 cm³/mol. The zero-order valence-corrected chi connectivity index (χ0v) is 13.5. The van der Waals surface area contributed by atoms with E-state index >= 15 is 0 Å². The van der Waals surface area contributed by atoms with Crippen LogP contribution in [0.25, 0.3) is 0 Å². The van der Waals surface area contributed by atoms with E-state index in [1.165, 1.54) is 0 Å². The van der Waals surface area contributed by atoms with Gasteiger partial charge >= 0.3 is 0 Å². The monoisotopic (exact) mass is 356 g/mol. The van der Waals surface area contributed by atoms with E-state index in [4.69, 9.17) is 0 Å². The molecule has 0 radical (unpaired) electrons. The molecule has 1 unspecified atom stereocenters. The molecule has 2 aromatic rings. The maximum absolute atomic E-state index is 12.4. The van der Waals surface area contributed by atoms with Gasteiger partial charge in [0.05, 0.1) is 12.1 Å². The Labute approximate surface area is 136 Å². The SMILES string of the molecule is Cn1ccnc1C(=O)CC(c1ccc(Br)cc1)C(C#N)C#N. The molecule has 2 rings (SSSR count). The van der Waals surface area contributed by atoms with Gasteiger partial charge in [0.2, 0.25) is 0 Å². The maximum Gasteiger partial charge on any atom is 0.198 e. The van der Waals surface area contributed by atoms with E-state index in [2.05, 4.69) is 20.9 Å². The second kappa shape index (κ2) is 7.02. The van der Waals surface area contributed by atoms with Gasteiger partial charge in [-0.2, -0.15) is 10.5 Å². The van der Waals surface area contributed by atoms with E-state index < -0.39 is 11.8 Å². The average molecular weight is 357 g/mol. The highest BCUT2D eigenvalue weighted by Crippen LogP contribution is 2.30. The molecule has 0 aliphatic heterocycles. The summed E-state index contributed by atoms with van der Waals surface area (Å²) in [6.07, 6.45) is 3.31. The van der Waals surface area contributed by atoms with Gasteiger partial charge in [-0.05, 0) is 17.7 Å². The number of benzene rings is 1. The minimum atomic E-state index is -0.884. The molecule has 0 N–H and O–H groups in total. The molecule has 0 aliphatic carbocycles. The Kier molecular flexibility index (Phi) is 5.08. The Morgan fingerprint density at radius 3 is 2.45 bits per heavy atom. The van der Waals surface area contributed by atoms with Crippen LogP contribution >= 0.6 is 15.9 Å². The van der Waals surface area contributed by atoms with Crippen molar-refractivity contribution in [1.29, 1.82) is 10.5 Å². The number of hydrogen-bond donors (Lipinski definition) is 0. The van der Waals surface area contributed by atoms with Gasteiger partial charge in [-0.1, -0.05) is 28.1 Å². The van der Waals surface area contributed by atoms with E-state index in [1.807, 2.05) is 36.4 Å². The van der Waals surface area contributed by atoms with E-state index in [0.29, 0.717) is 5.82 Å². The molecule has 1 heterocycles. The van der Waals surface area contributed by atoms with Crippen molar-refractivity contribution in [1.82, 2.24) is 9.55 Å². The minimum Gasteiger partial charge on any atom is -0.332 e. The average Bonchev–Trinajstić information content (AvgIpc) is 2.94. The molecule has 0 aliphatic rings. The largest absolute Gasteiger partial charge is 0.332 e. The van der Waals surface area contributed by atoms with Crippen LogP contribution in [-0.4, -0.2) is 15.3 Å². The molecule has 22 heavy (non-hydrogen) atoms. The fraction of sp³-hybridized carbons (Fsp3) is 0.250. The smallest absolute Gasteiger partial charge is 0.198 e. The number of rotatable bonds is 5. The number of aryl methyl sites for hydroxylation is 1. The van der Waals surface area contributed by atoms with Crippen molar-refractivity contribution in [2.45, 2.75) is 12.3 Å².